The molecule has 32 heavy (non-hydrogen) atoms. The van der Waals surface area contributed by atoms with Crippen LogP contribution < -0.4 is 14.8 Å². The number of nitrogens with zero attached hydrogens (tertiary/aromatic N) is 1. The van der Waals surface area contributed by atoms with Gasteiger partial charge in [0.15, 0.2) is 0 Å². The molecule has 2 aromatic carbocycles. The van der Waals surface area contributed by atoms with E-state index in [-0.39, 0.29) is 22.6 Å². The van der Waals surface area contributed by atoms with Crippen LogP contribution in [0.15, 0.2) is 47.4 Å². The maximum absolute atomic E-state index is 13.0. The SMILES string of the molecule is CCCCN1CCC(NC(=O)c2ccc(OC)c(S(=O)(=O)Nc3ccc(C)cc3)c2)CC1. The van der Waals surface area contributed by atoms with E-state index in [9.17, 15) is 13.2 Å². The number of methoxy groups -OCH3 is 1. The molecule has 8 heteroatoms. The van der Waals surface area contributed by atoms with Gasteiger partial charge in [-0.3, -0.25) is 9.52 Å². The van der Waals surface area contributed by atoms with Crippen molar-refractivity contribution in [2.45, 2.75) is 50.5 Å². The number of ether oxygens (including phenoxy) is 1. The summed E-state index contributed by atoms with van der Waals surface area (Å²) < 4.78 is 33.9. The molecule has 0 atom stereocenters. The number of aryl methyl sites for hydroxylation is 1. The van der Waals surface area contributed by atoms with Gasteiger partial charge >= 0.3 is 0 Å². The van der Waals surface area contributed by atoms with Crippen LogP contribution in [-0.4, -0.2) is 52.0 Å². The average molecular weight is 460 g/mol. The normalized spacial score (nSPS) is 15.3. The molecule has 1 aliphatic rings. The van der Waals surface area contributed by atoms with Gasteiger partial charge in [0, 0.05) is 30.4 Å². The fraction of sp³-hybridized carbons (Fsp3) is 0.458. The minimum Gasteiger partial charge on any atom is -0.495 e. The van der Waals surface area contributed by atoms with Gasteiger partial charge in [0.05, 0.1) is 7.11 Å². The Morgan fingerprint density at radius 3 is 2.44 bits per heavy atom. The molecule has 1 saturated heterocycles. The summed E-state index contributed by atoms with van der Waals surface area (Å²) in [6.07, 6.45) is 4.16. The van der Waals surface area contributed by atoms with Crippen molar-refractivity contribution < 1.29 is 17.9 Å². The zero-order valence-corrected chi connectivity index (χ0v) is 19.9. The van der Waals surface area contributed by atoms with Crippen molar-refractivity contribution in [2.24, 2.45) is 0 Å². The van der Waals surface area contributed by atoms with Gasteiger partial charge in [-0.15, -0.1) is 0 Å². The third-order valence-electron chi connectivity index (χ3n) is 5.77. The van der Waals surface area contributed by atoms with Crippen LogP contribution in [0.2, 0.25) is 0 Å². The van der Waals surface area contributed by atoms with Crippen LogP contribution in [0.25, 0.3) is 0 Å². The zero-order valence-electron chi connectivity index (χ0n) is 19.1. The predicted octanol–water partition coefficient (Wildman–Crippen LogP) is 3.80. The van der Waals surface area contributed by atoms with E-state index in [0.29, 0.717) is 11.3 Å². The highest BCUT2D eigenvalue weighted by molar-refractivity contribution is 7.92. The molecule has 0 aromatic heterocycles. The first-order valence-corrected chi connectivity index (χ1v) is 12.6. The van der Waals surface area contributed by atoms with E-state index in [2.05, 4.69) is 21.9 Å². The molecule has 0 saturated carbocycles. The molecule has 0 bridgehead atoms. The van der Waals surface area contributed by atoms with Crippen LogP contribution in [-0.2, 0) is 10.0 Å². The maximum atomic E-state index is 13.0. The Morgan fingerprint density at radius 1 is 1.12 bits per heavy atom. The van der Waals surface area contributed by atoms with Crippen molar-refractivity contribution >= 4 is 21.6 Å². The lowest BCUT2D eigenvalue weighted by Crippen LogP contribution is -2.44. The number of amides is 1. The van der Waals surface area contributed by atoms with E-state index in [4.69, 9.17) is 4.74 Å². The molecular weight excluding hydrogens is 426 g/mol. The smallest absolute Gasteiger partial charge is 0.265 e. The molecule has 1 amide bonds. The molecule has 1 heterocycles. The number of hydrogen-bond acceptors (Lipinski definition) is 5. The fourth-order valence-corrected chi connectivity index (χ4v) is 5.07. The number of likely N-dealkylation sites (tertiary alicyclic amines) is 1. The topological polar surface area (TPSA) is 87.7 Å². The second-order valence-corrected chi connectivity index (χ2v) is 9.93. The zero-order chi connectivity index (χ0) is 23.1. The number of rotatable bonds is 9. The number of sulfonamides is 1. The van der Waals surface area contributed by atoms with Gasteiger partial charge in [-0.2, -0.15) is 0 Å². The molecule has 0 radical (unpaired) electrons. The second-order valence-electron chi connectivity index (χ2n) is 8.28. The molecule has 1 fully saturated rings. The summed E-state index contributed by atoms with van der Waals surface area (Å²) >= 11 is 0. The van der Waals surface area contributed by atoms with E-state index in [1.54, 1.807) is 18.2 Å². The number of nitrogens with one attached hydrogen (secondary N) is 2. The van der Waals surface area contributed by atoms with E-state index >= 15 is 0 Å². The summed E-state index contributed by atoms with van der Waals surface area (Å²) in [5, 5.41) is 3.06. The number of carbonyl (C=O) groups is 1. The number of hydrogen-bond donors (Lipinski definition) is 2. The van der Waals surface area contributed by atoms with Crippen LogP contribution in [0.1, 0.15) is 48.5 Å². The lowest BCUT2D eigenvalue weighted by molar-refractivity contribution is 0.0910. The van der Waals surface area contributed by atoms with Gasteiger partial charge < -0.3 is 15.0 Å². The first kappa shape index (κ1) is 24.1. The van der Waals surface area contributed by atoms with Crippen molar-refractivity contribution in [3.05, 3.63) is 53.6 Å². The summed E-state index contributed by atoms with van der Waals surface area (Å²) in [4.78, 5) is 15.2. The molecule has 0 spiro atoms. The first-order valence-electron chi connectivity index (χ1n) is 11.1. The Labute approximate surface area is 191 Å². The van der Waals surface area contributed by atoms with Crippen LogP contribution >= 0.6 is 0 Å². The fourth-order valence-electron chi connectivity index (χ4n) is 3.81. The Hall–Kier alpha value is -2.58. The monoisotopic (exact) mass is 459 g/mol. The largest absolute Gasteiger partial charge is 0.495 e. The molecule has 174 valence electrons. The van der Waals surface area contributed by atoms with Gasteiger partial charge in [-0.25, -0.2) is 8.42 Å². The number of carbonyl (C=O) groups excluding carboxylic acids is 1. The minimum atomic E-state index is -3.94. The number of unbranched alkanes of at least 4 members (excludes halogenated alkanes) is 1. The number of piperidine rings is 1. The molecule has 3 rings (SSSR count). The standard InChI is InChI=1S/C24H33N3O4S/c1-4-5-14-27-15-12-20(13-16-27)25-24(28)19-8-11-22(31-3)23(17-19)32(29,30)26-21-9-6-18(2)7-10-21/h6-11,17,20,26H,4-5,12-16H2,1-3H3,(H,25,28). The summed E-state index contributed by atoms with van der Waals surface area (Å²) in [5.41, 5.74) is 1.77. The summed E-state index contributed by atoms with van der Waals surface area (Å²) in [6.45, 7) is 7.15. The highest BCUT2D eigenvalue weighted by Gasteiger charge is 2.24. The van der Waals surface area contributed by atoms with Gasteiger partial charge in [0.1, 0.15) is 10.6 Å². The molecule has 2 N–H and O–H groups in total. The summed E-state index contributed by atoms with van der Waals surface area (Å²) in [7, 11) is -2.53. The van der Waals surface area contributed by atoms with Gasteiger partial charge in [0.25, 0.3) is 15.9 Å². The van der Waals surface area contributed by atoms with Crippen molar-refractivity contribution in [1.82, 2.24) is 10.2 Å². The van der Waals surface area contributed by atoms with Crippen molar-refractivity contribution in [3.8, 4) is 5.75 Å². The minimum absolute atomic E-state index is 0.0670. The number of anilines is 1. The molecular formula is C24H33N3O4S. The van der Waals surface area contributed by atoms with Crippen molar-refractivity contribution in [3.63, 3.8) is 0 Å². The van der Waals surface area contributed by atoms with Gasteiger partial charge in [-0.05, 0) is 63.1 Å². The second kappa shape index (κ2) is 10.8. The van der Waals surface area contributed by atoms with Crippen LogP contribution in [0.5, 0.6) is 5.75 Å². The third kappa shape index (κ3) is 6.23. The molecule has 1 aliphatic heterocycles. The van der Waals surface area contributed by atoms with E-state index in [0.717, 1.165) is 38.0 Å². The lowest BCUT2D eigenvalue weighted by Gasteiger charge is -2.32. The van der Waals surface area contributed by atoms with Gasteiger partial charge in [0.2, 0.25) is 0 Å². The first-order chi connectivity index (χ1) is 15.3. The predicted molar refractivity (Wildman–Crippen MR) is 127 cm³/mol. The summed E-state index contributed by atoms with van der Waals surface area (Å²) in [6, 6.07) is 11.6. The molecule has 0 unspecified atom stereocenters. The van der Waals surface area contributed by atoms with Crippen molar-refractivity contribution in [1.29, 1.82) is 0 Å². The van der Waals surface area contributed by atoms with Gasteiger partial charge in [-0.1, -0.05) is 31.0 Å². The van der Waals surface area contributed by atoms with Crippen molar-refractivity contribution in [2.75, 3.05) is 31.5 Å². The Balaban J connectivity index is 1.71. The molecule has 0 aliphatic carbocycles. The van der Waals surface area contributed by atoms with Crippen LogP contribution in [0.4, 0.5) is 5.69 Å². The highest BCUT2D eigenvalue weighted by atomic mass is 32.2. The Bertz CT molecular complexity index is 1010. The van der Waals surface area contributed by atoms with Crippen LogP contribution in [0.3, 0.4) is 0 Å². The van der Waals surface area contributed by atoms with E-state index < -0.39 is 10.0 Å². The van der Waals surface area contributed by atoms with E-state index in [1.807, 2.05) is 19.1 Å². The maximum Gasteiger partial charge on any atom is 0.265 e. The lowest BCUT2D eigenvalue weighted by atomic mass is 10.0. The Kier molecular flexibility index (Phi) is 8.15. The summed E-state index contributed by atoms with van der Waals surface area (Å²) in [5.74, 6) is -0.0863. The highest BCUT2D eigenvalue weighted by Crippen LogP contribution is 2.27. The Morgan fingerprint density at radius 2 is 1.81 bits per heavy atom. The third-order valence-corrected chi connectivity index (χ3v) is 7.17. The average Bonchev–Trinajstić information content (AvgIpc) is 2.79. The quantitative estimate of drug-likeness (QED) is 0.596. The molecule has 7 nitrogen and oxygen atoms in total. The van der Waals surface area contributed by atoms with Crippen LogP contribution in [0, 0.1) is 6.92 Å². The molecule has 2 aromatic rings. The van der Waals surface area contributed by atoms with E-state index in [1.165, 1.54) is 32.1 Å². The number of benzene rings is 2.